The molecule has 124 valence electrons. The van der Waals surface area contributed by atoms with Gasteiger partial charge in [-0.3, -0.25) is 4.79 Å². The molecule has 0 radical (unpaired) electrons. The highest BCUT2D eigenvalue weighted by atomic mass is 35.5. The van der Waals surface area contributed by atoms with Crippen molar-refractivity contribution in [1.82, 2.24) is 0 Å². The summed E-state index contributed by atoms with van der Waals surface area (Å²) < 4.78 is 0. The van der Waals surface area contributed by atoms with Crippen molar-refractivity contribution in [2.75, 3.05) is 5.32 Å². The molecule has 1 heterocycles. The summed E-state index contributed by atoms with van der Waals surface area (Å²) in [5.41, 5.74) is 3.34. The lowest BCUT2D eigenvalue weighted by atomic mass is 9.94. The molecule has 26 heavy (non-hydrogen) atoms. The van der Waals surface area contributed by atoms with Gasteiger partial charge in [-0.1, -0.05) is 60.1 Å². The van der Waals surface area contributed by atoms with Crippen LogP contribution in [-0.4, -0.2) is 5.91 Å². The van der Waals surface area contributed by atoms with Gasteiger partial charge in [-0.25, -0.2) is 0 Å². The minimum atomic E-state index is -0.0979. The number of carbonyl (C=O) groups excluding carboxylic acids is 1. The van der Waals surface area contributed by atoms with Gasteiger partial charge in [-0.05, 0) is 57.4 Å². The van der Waals surface area contributed by atoms with Crippen LogP contribution in [0.2, 0.25) is 5.02 Å². The average molecular weight is 356 g/mol. The van der Waals surface area contributed by atoms with Gasteiger partial charge in [-0.15, -0.1) is 0 Å². The van der Waals surface area contributed by atoms with Crippen molar-refractivity contribution in [3.05, 3.63) is 88.9 Å². The van der Waals surface area contributed by atoms with Crippen molar-refractivity contribution in [2.45, 2.75) is 0 Å². The quantitative estimate of drug-likeness (QED) is 0.322. The van der Waals surface area contributed by atoms with Crippen LogP contribution in [0.4, 0.5) is 5.69 Å². The molecule has 1 aliphatic rings. The van der Waals surface area contributed by atoms with Gasteiger partial charge in [0.1, 0.15) is 0 Å². The van der Waals surface area contributed by atoms with E-state index in [9.17, 15) is 4.79 Å². The van der Waals surface area contributed by atoms with E-state index in [-0.39, 0.29) is 5.91 Å². The number of hydrogen-bond acceptors (Lipinski definition) is 1. The van der Waals surface area contributed by atoms with Crippen molar-refractivity contribution in [3.63, 3.8) is 0 Å². The van der Waals surface area contributed by atoms with Crippen LogP contribution in [-0.2, 0) is 4.79 Å². The highest BCUT2D eigenvalue weighted by Gasteiger charge is 2.24. The first-order valence-electron chi connectivity index (χ1n) is 8.44. The minimum absolute atomic E-state index is 0.0979. The summed E-state index contributed by atoms with van der Waals surface area (Å²) in [5, 5.41) is 8.11. The van der Waals surface area contributed by atoms with Crippen LogP contribution in [0.3, 0.4) is 0 Å². The Hall–Kier alpha value is -3.10. The van der Waals surface area contributed by atoms with E-state index in [2.05, 4.69) is 35.6 Å². The van der Waals surface area contributed by atoms with E-state index < -0.39 is 0 Å². The van der Waals surface area contributed by atoms with Crippen molar-refractivity contribution in [1.29, 1.82) is 0 Å². The molecule has 1 amide bonds. The van der Waals surface area contributed by atoms with Crippen LogP contribution < -0.4 is 5.32 Å². The van der Waals surface area contributed by atoms with Crippen LogP contribution in [0.15, 0.2) is 72.8 Å². The third-order valence-corrected chi connectivity index (χ3v) is 5.10. The van der Waals surface area contributed by atoms with Crippen LogP contribution >= 0.6 is 11.6 Å². The van der Waals surface area contributed by atoms with Gasteiger partial charge < -0.3 is 5.32 Å². The zero-order valence-electron chi connectivity index (χ0n) is 13.8. The van der Waals surface area contributed by atoms with Gasteiger partial charge in [0.2, 0.25) is 0 Å². The molecular weight excluding hydrogens is 342 g/mol. The van der Waals surface area contributed by atoms with Crippen molar-refractivity contribution >= 4 is 56.4 Å². The molecule has 0 saturated carbocycles. The average Bonchev–Trinajstić information content (AvgIpc) is 2.96. The lowest BCUT2D eigenvalue weighted by molar-refractivity contribution is -0.110. The second kappa shape index (κ2) is 5.72. The predicted molar refractivity (Wildman–Crippen MR) is 109 cm³/mol. The van der Waals surface area contributed by atoms with Gasteiger partial charge in [-0.2, -0.15) is 0 Å². The summed E-state index contributed by atoms with van der Waals surface area (Å²) in [7, 11) is 0. The Morgan fingerprint density at radius 3 is 2.15 bits per heavy atom. The van der Waals surface area contributed by atoms with E-state index >= 15 is 0 Å². The molecule has 0 fully saturated rings. The topological polar surface area (TPSA) is 29.1 Å². The van der Waals surface area contributed by atoms with Gasteiger partial charge >= 0.3 is 0 Å². The Balaban J connectivity index is 1.86. The SMILES string of the molecule is O=C1Nc2ccc(Cl)cc2/C1=C/c1c2ccccc2cc2ccccc12. The Morgan fingerprint density at radius 1 is 0.808 bits per heavy atom. The number of amides is 1. The first-order chi connectivity index (χ1) is 12.7. The third kappa shape index (κ3) is 2.31. The summed E-state index contributed by atoms with van der Waals surface area (Å²) in [4.78, 5) is 12.6. The maximum Gasteiger partial charge on any atom is 0.256 e. The summed E-state index contributed by atoms with van der Waals surface area (Å²) >= 11 is 6.16. The number of fused-ring (bicyclic) bond motifs is 3. The number of benzene rings is 4. The van der Waals surface area contributed by atoms with E-state index in [4.69, 9.17) is 11.6 Å². The van der Waals surface area contributed by atoms with Crippen LogP contribution in [0.1, 0.15) is 11.1 Å². The number of carbonyl (C=O) groups is 1. The number of nitrogens with one attached hydrogen (secondary N) is 1. The predicted octanol–water partition coefficient (Wildman–Crippen LogP) is 6.14. The van der Waals surface area contributed by atoms with Crippen LogP contribution in [0.5, 0.6) is 0 Å². The van der Waals surface area contributed by atoms with Crippen LogP contribution in [0, 0.1) is 0 Å². The maximum absolute atomic E-state index is 12.6. The normalized spacial score (nSPS) is 14.8. The first kappa shape index (κ1) is 15.2. The molecule has 1 aliphatic heterocycles. The molecule has 0 aliphatic carbocycles. The monoisotopic (exact) mass is 355 g/mol. The molecule has 5 rings (SSSR count). The highest BCUT2D eigenvalue weighted by molar-refractivity contribution is 6.37. The molecule has 0 atom stereocenters. The molecule has 3 heteroatoms. The number of hydrogen-bond donors (Lipinski definition) is 1. The molecule has 4 aromatic rings. The first-order valence-corrected chi connectivity index (χ1v) is 8.82. The van der Waals surface area contributed by atoms with E-state index in [1.165, 1.54) is 0 Å². The van der Waals surface area contributed by atoms with Crippen molar-refractivity contribution in [2.24, 2.45) is 0 Å². The fourth-order valence-electron chi connectivity index (χ4n) is 3.65. The molecule has 0 unspecified atom stereocenters. The van der Waals surface area contributed by atoms with Crippen molar-refractivity contribution in [3.8, 4) is 0 Å². The highest BCUT2D eigenvalue weighted by Crippen LogP contribution is 2.37. The Kier molecular flexibility index (Phi) is 3.34. The van der Waals surface area contributed by atoms with Crippen LogP contribution in [0.25, 0.3) is 33.2 Å². The van der Waals surface area contributed by atoms with E-state index in [0.29, 0.717) is 10.6 Å². The third-order valence-electron chi connectivity index (χ3n) is 4.87. The molecule has 0 spiro atoms. The lowest BCUT2D eigenvalue weighted by Gasteiger charge is -2.09. The molecule has 0 aromatic heterocycles. The van der Waals surface area contributed by atoms with E-state index in [0.717, 1.165) is 38.4 Å². The Morgan fingerprint density at radius 2 is 1.46 bits per heavy atom. The smallest absolute Gasteiger partial charge is 0.256 e. The second-order valence-corrected chi connectivity index (χ2v) is 6.87. The number of halogens is 1. The fraction of sp³-hybridized carbons (Fsp3) is 0. The summed E-state index contributed by atoms with van der Waals surface area (Å²) in [6, 6.07) is 24.2. The summed E-state index contributed by atoms with van der Waals surface area (Å²) in [5.74, 6) is -0.0979. The standard InChI is InChI=1S/C23H14ClNO/c24-16-9-10-22-20(12-16)21(23(26)25-22)13-19-17-7-3-1-5-14(17)11-15-6-2-4-8-18(15)19/h1-13H,(H,25,26)/b21-13-. The Labute approximate surface area is 155 Å². The van der Waals surface area contributed by atoms with Gasteiger partial charge in [0.05, 0.1) is 0 Å². The molecule has 0 saturated heterocycles. The molecule has 1 N–H and O–H groups in total. The van der Waals surface area contributed by atoms with Gasteiger partial charge in [0.15, 0.2) is 0 Å². The Bertz CT molecular complexity index is 1190. The summed E-state index contributed by atoms with van der Waals surface area (Å²) in [6.07, 6.45) is 1.99. The minimum Gasteiger partial charge on any atom is -0.321 e. The fourth-order valence-corrected chi connectivity index (χ4v) is 3.82. The number of rotatable bonds is 1. The molecule has 4 aromatic carbocycles. The van der Waals surface area contributed by atoms with Gasteiger partial charge in [0.25, 0.3) is 5.91 Å². The number of anilines is 1. The zero-order chi connectivity index (χ0) is 17.7. The zero-order valence-corrected chi connectivity index (χ0v) is 14.5. The largest absolute Gasteiger partial charge is 0.321 e. The van der Waals surface area contributed by atoms with E-state index in [1.807, 2.05) is 42.5 Å². The molecular formula is C23H14ClNO. The maximum atomic E-state index is 12.6. The molecule has 0 bridgehead atoms. The summed E-state index contributed by atoms with van der Waals surface area (Å²) in [6.45, 7) is 0. The second-order valence-electron chi connectivity index (χ2n) is 6.43. The lowest BCUT2D eigenvalue weighted by Crippen LogP contribution is -2.03. The van der Waals surface area contributed by atoms with Gasteiger partial charge in [0, 0.05) is 21.8 Å². The van der Waals surface area contributed by atoms with Crippen molar-refractivity contribution < 1.29 is 4.79 Å². The van der Waals surface area contributed by atoms with E-state index in [1.54, 1.807) is 6.07 Å². The molecule has 2 nitrogen and oxygen atoms in total.